The van der Waals surface area contributed by atoms with Crippen molar-refractivity contribution in [1.29, 1.82) is 0 Å². The molecule has 134 valence electrons. The minimum atomic E-state index is -0.884. The minimum absolute atomic E-state index is 0.340. The SMILES string of the molecule is [C-]#[N+]CCN(C)C(C)(C)C(=O)O.[C-]#[N+]CCN(C)C1(C(=O)O)CC1. The molecule has 0 amide bonds. The monoisotopic (exact) mass is 338 g/mol. The number of hydrogen-bond donors (Lipinski definition) is 2. The predicted octanol–water partition coefficient (Wildman–Crippen LogP) is 1.16. The minimum Gasteiger partial charge on any atom is -0.480 e. The number of aliphatic carboxylic acids is 2. The van der Waals surface area contributed by atoms with Gasteiger partial charge in [-0.1, -0.05) is 0 Å². The molecule has 8 heteroatoms. The van der Waals surface area contributed by atoms with Gasteiger partial charge >= 0.3 is 11.9 Å². The molecule has 0 radical (unpaired) electrons. The Balaban J connectivity index is 0.000000441. The lowest BCUT2D eigenvalue weighted by molar-refractivity contribution is -0.148. The largest absolute Gasteiger partial charge is 0.480 e. The van der Waals surface area contributed by atoms with Crippen LogP contribution in [0, 0.1) is 13.1 Å². The second-order valence-electron chi connectivity index (χ2n) is 6.31. The number of carboxylic acids is 2. The average Bonchev–Trinajstić information content (AvgIpc) is 3.32. The molecule has 1 fully saturated rings. The van der Waals surface area contributed by atoms with Crippen molar-refractivity contribution in [2.75, 3.05) is 40.3 Å². The molecule has 0 aliphatic heterocycles. The van der Waals surface area contributed by atoms with Crippen LogP contribution >= 0.6 is 0 Å². The molecule has 1 aliphatic rings. The van der Waals surface area contributed by atoms with E-state index in [4.69, 9.17) is 23.4 Å². The zero-order valence-electron chi connectivity index (χ0n) is 14.7. The molecule has 2 N–H and O–H groups in total. The molecule has 1 aliphatic carbocycles. The van der Waals surface area contributed by atoms with Crippen LogP contribution in [0.2, 0.25) is 0 Å². The van der Waals surface area contributed by atoms with E-state index < -0.39 is 23.0 Å². The van der Waals surface area contributed by atoms with E-state index in [2.05, 4.69) is 9.69 Å². The Bertz CT molecular complexity index is 493. The van der Waals surface area contributed by atoms with Crippen LogP contribution in [0.4, 0.5) is 0 Å². The van der Waals surface area contributed by atoms with Crippen molar-refractivity contribution in [3.63, 3.8) is 0 Å². The van der Waals surface area contributed by atoms with Crippen LogP contribution < -0.4 is 0 Å². The number of likely N-dealkylation sites (N-methyl/N-ethyl adjacent to an activating group) is 2. The fourth-order valence-electron chi connectivity index (χ4n) is 1.93. The molecule has 0 heterocycles. The standard InChI is InChI=1S/C8H12N2O2.C8H14N2O2/c1-9-5-6-10(2)8(3-4-8)7(11)12;1-8(2,7(11)12)10(4)6-5-9-3/h3-6H2,2H3,(H,11,12);5-6H2,1-2,4H3,(H,11,12). The first-order chi connectivity index (χ1) is 11.1. The van der Waals surface area contributed by atoms with E-state index in [0.29, 0.717) is 26.2 Å². The third-order valence-electron chi connectivity index (χ3n) is 4.42. The maximum Gasteiger partial charge on any atom is 0.324 e. The second-order valence-corrected chi connectivity index (χ2v) is 6.31. The molecule has 1 saturated carbocycles. The first-order valence-electron chi connectivity index (χ1n) is 7.62. The number of carbonyl (C=O) groups is 2. The Labute approximate surface area is 143 Å². The average molecular weight is 338 g/mol. The van der Waals surface area contributed by atoms with Gasteiger partial charge in [-0.25, -0.2) is 13.1 Å². The third kappa shape index (κ3) is 5.80. The van der Waals surface area contributed by atoms with Gasteiger partial charge in [0, 0.05) is 0 Å². The summed E-state index contributed by atoms with van der Waals surface area (Å²) in [5.74, 6) is -1.62. The highest BCUT2D eigenvalue weighted by Crippen LogP contribution is 2.40. The number of carboxylic acid groups (broad SMARTS) is 2. The van der Waals surface area contributed by atoms with Crippen LogP contribution in [-0.4, -0.2) is 83.3 Å². The Kier molecular flexibility index (Phi) is 8.38. The van der Waals surface area contributed by atoms with Crippen molar-refractivity contribution in [3.05, 3.63) is 22.8 Å². The van der Waals surface area contributed by atoms with Crippen LogP contribution in [-0.2, 0) is 9.59 Å². The summed E-state index contributed by atoms with van der Waals surface area (Å²) < 4.78 is 0. The van der Waals surface area contributed by atoms with Crippen molar-refractivity contribution < 1.29 is 19.8 Å². The van der Waals surface area contributed by atoms with Crippen LogP contribution in [0.1, 0.15) is 26.7 Å². The van der Waals surface area contributed by atoms with Crippen molar-refractivity contribution in [2.24, 2.45) is 0 Å². The zero-order valence-corrected chi connectivity index (χ0v) is 14.7. The van der Waals surface area contributed by atoms with E-state index in [1.54, 1.807) is 37.7 Å². The molecule has 0 unspecified atom stereocenters. The van der Waals surface area contributed by atoms with Crippen molar-refractivity contribution >= 4 is 11.9 Å². The van der Waals surface area contributed by atoms with Gasteiger partial charge in [0.15, 0.2) is 0 Å². The fourth-order valence-corrected chi connectivity index (χ4v) is 1.93. The molecule has 24 heavy (non-hydrogen) atoms. The molecule has 0 spiro atoms. The summed E-state index contributed by atoms with van der Waals surface area (Å²) in [6.45, 7) is 18.1. The Hall–Kier alpha value is -2.16. The van der Waals surface area contributed by atoms with Gasteiger partial charge in [0.25, 0.3) is 0 Å². The molecule has 0 bridgehead atoms. The van der Waals surface area contributed by atoms with Gasteiger partial charge in [0.2, 0.25) is 13.1 Å². The number of hydrogen-bond acceptors (Lipinski definition) is 4. The number of rotatable bonds is 8. The summed E-state index contributed by atoms with van der Waals surface area (Å²) in [5, 5.41) is 17.6. The topological polar surface area (TPSA) is 89.8 Å². The molecule has 0 aromatic carbocycles. The molecule has 8 nitrogen and oxygen atoms in total. The highest BCUT2D eigenvalue weighted by atomic mass is 16.4. The molecule has 0 aromatic heterocycles. The maximum atomic E-state index is 10.8. The van der Waals surface area contributed by atoms with E-state index in [1.165, 1.54) is 0 Å². The van der Waals surface area contributed by atoms with Gasteiger partial charge in [-0.2, -0.15) is 0 Å². The fraction of sp³-hybridized carbons (Fsp3) is 0.750. The summed E-state index contributed by atoms with van der Waals surface area (Å²) in [4.78, 5) is 31.3. The third-order valence-corrected chi connectivity index (χ3v) is 4.42. The summed E-state index contributed by atoms with van der Waals surface area (Å²) in [7, 11) is 3.48. The highest BCUT2D eigenvalue weighted by molar-refractivity contribution is 5.82. The normalized spacial score (nSPS) is 15.0. The molecule has 0 aromatic rings. The molecular formula is C16H26N4O4. The summed E-state index contributed by atoms with van der Waals surface area (Å²) >= 11 is 0. The summed E-state index contributed by atoms with van der Waals surface area (Å²) in [5.41, 5.74) is -1.52. The first kappa shape index (κ1) is 21.8. The lowest BCUT2D eigenvalue weighted by Gasteiger charge is -2.29. The Morgan fingerprint density at radius 1 is 1.08 bits per heavy atom. The van der Waals surface area contributed by atoms with Crippen LogP contribution in [0.5, 0.6) is 0 Å². The van der Waals surface area contributed by atoms with Gasteiger partial charge in [0.05, 0.1) is 13.1 Å². The highest BCUT2D eigenvalue weighted by Gasteiger charge is 2.53. The Morgan fingerprint density at radius 2 is 1.54 bits per heavy atom. The van der Waals surface area contributed by atoms with Crippen molar-refractivity contribution in [2.45, 2.75) is 37.8 Å². The molecule has 0 atom stereocenters. The van der Waals surface area contributed by atoms with E-state index in [1.807, 2.05) is 0 Å². The Morgan fingerprint density at radius 3 is 1.88 bits per heavy atom. The van der Waals surface area contributed by atoms with Crippen LogP contribution in [0.3, 0.4) is 0 Å². The lowest BCUT2D eigenvalue weighted by atomic mass is 10.0. The van der Waals surface area contributed by atoms with E-state index in [9.17, 15) is 9.59 Å². The van der Waals surface area contributed by atoms with Gasteiger partial charge < -0.3 is 19.9 Å². The maximum absolute atomic E-state index is 10.8. The van der Waals surface area contributed by atoms with Gasteiger partial charge in [-0.15, -0.1) is 0 Å². The van der Waals surface area contributed by atoms with Crippen molar-refractivity contribution in [3.8, 4) is 0 Å². The van der Waals surface area contributed by atoms with Gasteiger partial charge in [-0.3, -0.25) is 19.4 Å². The van der Waals surface area contributed by atoms with Gasteiger partial charge in [-0.05, 0) is 40.8 Å². The summed E-state index contributed by atoms with van der Waals surface area (Å²) in [6.07, 6.45) is 1.44. The quantitative estimate of drug-likeness (QED) is 0.646. The lowest BCUT2D eigenvalue weighted by Crippen LogP contribution is -2.48. The molecular weight excluding hydrogens is 312 g/mol. The van der Waals surface area contributed by atoms with E-state index in [0.717, 1.165) is 12.8 Å². The molecule has 0 saturated heterocycles. The predicted molar refractivity (Wildman–Crippen MR) is 89.5 cm³/mol. The first-order valence-corrected chi connectivity index (χ1v) is 7.62. The van der Waals surface area contributed by atoms with Crippen LogP contribution in [0.25, 0.3) is 9.69 Å². The number of nitrogens with zero attached hydrogens (tertiary/aromatic N) is 4. The van der Waals surface area contributed by atoms with Crippen molar-refractivity contribution in [1.82, 2.24) is 9.80 Å². The van der Waals surface area contributed by atoms with Crippen LogP contribution in [0.15, 0.2) is 0 Å². The van der Waals surface area contributed by atoms with Gasteiger partial charge in [0.1, 0.15) is 11.1 Å². The molecule has 1 rings (SSSR count). The zero-order chi connectivity index (χ0) is 19.0. The smallest absolute Gasteiger partial charge is 0.324 e. The van der Waals surface area contributed by atoms with E-state index >= 15 is 0 Å². The second kappa shape index (κ2) is 9.21. The summed E-state index contributed by atoms with van der Waals surface area (Å²) in [6, 6.07) is 0. The van der Waals surface area contributed by atoms with E-state index in [-0.39, 0.29) is 0 Å².